The van der Waals surface area contributed by atoms with E-state index in [1.54, 1.807) is 11.3 Å². The average molecular weight is 306 g/mol. The highest BCUT2D eigenvalue weighted by Crippen LogP contribution is 2.13. The molecule has 0 aliphatic carbocycles. The summed E-state index contributed by atoms with van der Waals surface area (Å²) in [5.74, 6) is 0.842. The molecule has 0 aliphatic heterocycles. The van der Waals surface area contributed by atoms with Gasteiger partial charge in [0.25, 0.3) is 0 Å². The van der Waals surface area contributed by atoms with Crippen LogP contribution in [0, 0.1) is 0 Å². The Morgan fingerprint density at radius 1 is 1.30 bits per heavy atom. The number of thiophene rings is 1. The minimum absolute atomic E-state index is 0.409. The fourth-order valence-corrected chi connectivity index (χ4v) is 2.70. The standard InChI is InChI=1S/C15H18N2OS2/c1-17(11-14-3-2-10-20-14)8-9-18-13-6-4-12(5-7-13)15(16)19/h2-7,10H,8-9,11H2,1H3,(H2,16,19). The molecule has 0 aliphatic rings. The second-order valence-corrected chi connectivity index (χ2v) is 6.03. The van der Waals surface area contributed by atoms with E-state index in [1.807, 2.05) is 24.3 Å². The first-order valence-electron chi connectivity index (χ1n) is 6.39. The van der Waals surface area contributed by atoms with E-state index in [2.05, 4.69) is 29.5 Å². The van der Waals surface area contributed by atoms with Crippen LogP contribution < -0.4 is 10.5 Å². The molecule has 2 aromatic rings. The summed E-state index contributed by atoms with van der Waals surface area (Å²) in [6.45, 7) is 2.50. The van der Waals surface area contributed by atoms with Crippen molar-refractivity contribution in [3.63, 3.8) is 0 Å². The van der Waals surface area contributed by atoms with Crippen LogP contribution in [0.25, 0.3) is 0 Å². The zero-order valence-electron chi connectivity index (χ0n) is 11.4. The van der Waals surface area contributed by atoms with Gasteiger partial charge < -0.3 is 10.5 Å². The molecule has 0 saturated heterocycles. The molecule has 5 heteroatoms. The Morgan fingerprint density at radius 3 is 2.65 bits per heavy atom. The highest BCUT2D eigenvalue weighted by molar-refractivity contribution is 7.80. The van der Waals surface area contributed by atoms with E-state index in [-0.39, 0.29) is 0 Å². The van der Waals surface area contributed by atoms with Crippen LogP contribution in [-0.4, -0.2) is 30.1 Å². The molecule has 1 aromatic carbocycles. The molecular formula is C15H18N2OS2. The summed E-state index contributed by atoms with van der Waals surface area (Å²) in [5.41, 5.74) is 6.42. The van der Waals surface area contributed by atoms with Gasteiger partial charge >= 0.3 is 0 Å². The first-order valence-corrected chi connectivity index (χ1v) is 7.67. The van der Waals surface area contributed by atoms with Crippen LogP contribution in [0.2, 0.25) is 0 Å². The molecule has 0 amide bonds. The zero-order valence-corrected chi connectivity index (χ0v) is 13.0. The maximum absolute atomic E-state index is 5.71. The first-order chi connectivity index (χ1) is 9.65. The molecule has 0 atom stereocenters. The van der Waals surface area contributed by atoms with Gasteiger partial charge in [-0.05, 0) is 42.8 Å². The van der Waals surface area contributed by atoms with Crippen LogP contribution in [0.5, 0.6) is 5.75 Å². The van der Waals surface area contributed by atoms with Gasteiger partial charge in [0.05, 0.1) is 0 Å². The van der Waals surface area contributed by atoms with E-state index in [1.165, 1.54) is 4.88 Å². The maximum atomic E-state index is 5.71. The SMILES string of the molecule is CN(CCOc1ccc(C(N)=S)cc1)Cc1cccs1. The fraction of sp³-hybridized carbons (Fsp3) is 0.267. The predicted octanol–water partition coefficient (Wildman–Crippen LogP) is 2.89. The van der Waals surface area contributed by atoms with Crippen LogP contribution in [0.3, 0.4) is 0 Å². The van der Waals surface area contributed by atoms with Gasteiger partial charge in [-0.3, -0.25) is 4.90 Å². The Hall–Kier alpha value is -1.43. The Bertz CT molecular complexity index is 538. The lowest BCUT2D eigenvalue weighted by molar-refractivity contribution is 0.234. The fourth-order valence-electron chi connectivity index (χ4n) is 1.78. The lowest BCUT2D eigenvalue weighted by Gasteiger charge is -2.16. The van der Waals surface area contributed by atoms with Crippen LogP contribution in [0.15, 0.2) is 41.8 Å². The van der Waals surface area contributed by atoms with Crippen LogP contribution in [0.4, 0.5) is 0 Å². The van der Waals surface area contributed by atoms with E-state index in [0.29, 0.717) is 11.6 Å². The monoisotopic (exact) mass is 306 g/mol. The minimum Gasteiger partial charge on any atom is -0.492 e. The predicted molar refractivity (Wildman–Crippen MR) is 88.5 cm³/mol. The van der Waals surface area contributed by atoms with E-state index < -0.39 is 0 Å². The molecule has 0 spiro atoms. The smallest absolute Gasteiger partial charge is 0.119 e. The number of nitrogens with zero attached hydrogens (tertiary/aromatic N) is 1. The van der Waals surface area contributed by atoms with Crippen molar-refractivity contribution in [2.45, 2.75) is 6.54 Å². The number of thiocarbonyl (C=S) groups is 1. The number of likely N-dealkylation sites (N-methyl/N-ethyl adjacent to an activating group) is 1. The Balaban J connectivity index is 1.73. The first kappa shape index (κ1) is 15.0. The van der Waals surface area contributed by atoms with Crippen molar-refractivity contribution in [2.24, 2.45) is 5.73 Å². The number of ether oxygens (including phenoxy) is 1. The van der Waals surface area contributed by atoms with Crippen LogP contribution >= 0.6 is 23.6 Å². The third-order valence-corrected chi connectivity index (χ3v) is 3.98. The highest BCUT2D eigenvalue weighted by atomic mass is 32.1. The molecule has 0 unspecified atom stereocenters. The molecule has 1 aromatic heterocycles. The van der Waals surface area contributed by atoms with Crippen molar-refractivity contribution < 1.29 is 4.74 Å². The van der Waals surface area contributed by atoms with Crippen molar-refractivity contribution >= 4 is 28.5 Å². The normalized spacial score (nSPS) is 10.7. The summed E-state index contributed by atoms with van der Waals surface area (Å²) in [5, 5.41) is 2.10. The van der Waals surface area contributed by atoms with Gasteiger partial charge in [-0.1, -0.05) is 18.3 Å². The molecule has 20 heavy (non-hydrogen) atoms. The Morgan fingerprint density at radius 2 is 2.05 bits per heavy atom. The largest absolute Gasteiger partial charge is 0.492 e. The van der Waals surface area contributed by atoms with Crippen LogP contribution in [0.1, 0.15) is 10.4 Å². The van der Waals surface area contributed by atoms with E-state index in [9.17, 15) is 0 Å². The average Bonchev–Trinajstić information content (AvgIpc) is 2.92. The van der Waals surface area contributed by atoms with E-state index in [0.717, 1.165) is 24.4 Å². The van der Waals surface area contributed by atoms with E-state index >= 15 is 0 Å². The summed E-state index contributed by atoms with van der Waals surface area (Å²) in [7, 11) is 2.10. The molecule has 0 radical (unpaired) electrons. The molecule has 0 fully saturated rings. The molecule has 0 bridgehead atoms. The summed E-state index contributed by atoms with van der Waals surface area (Å²) >= 11 is 6.69. The number of hydrogen-bond donors (Lipinski definition) is 1. The summed E-state index contributed by atoms with van der Waals surface area (Å²) in [4.78, 5) is 4.02. The zero-order chi connectivity index (χ0) is 14.4. The second kappa shape index (κ2) is 7.38. The van der Waals surface area contributed by atoms with Gasteiger partial charge in [-0.25, -0.2) is 0 Å². The van der Waals surface area contributed by atoms with Crippen molar-refractivity contribution in [1.82, 2.24) is 4.90 Å². The van der Waals surface area contributed by atoms with Gasteiger partial charge in [0.2, 0.25) is 0 Å². The number of hydrogen-bond acceptors (Lipinski definition) is 4. The molecule has 2 N–H and O–H groups in total. The van der Waals surface area contributed by atoms with Crippen LogP contribution in [-0.2, 0) is 6.54 Å². The van der Waals surface area contributed by atoms with Gasteiger partial charge in [-0.2, -0.15) is 0 Å². The summed E-state index contributed by atoms with van der Waals surface area (Å²) < 4.78 is 5.71. The van der Waals surface area contributed by atoms with Crippen molar-refractivity contribution in [1.29, 1.82) is 0 Å². The van der Waals surface area contributed by atoms with Gasteiger partial charge in [0.15, 0.2) is 0 Å². The number of rotatable bonds is 7. The third kappa shape index (κ3) is 4.59. The topological polar surface area (TPSA) is 38.5 Å². The van der Waals surface area contributed by atoms with E-state index in [4.69, 9.17) is 22.7 Å². The maximum Gasteiger partial charge on any atom is 0.119 e. The molecule has 2 rings (SSSR count). The number of benzene rings is 1. The molecule has 106 valence electrons. The second-order valence-electron chi connectivity index (χ2n) is 4.55. The van der Waals surface area contributed by atoms with Gasteiger partial charge in [0, 0.05) is 23.5 Å². The minimum atomic E-state index is 0.409. The quantitative estimate of drug-likeness (QED) is 0.798. The Labute approximate surface area is 129 Å². The highest BCUT2D eigenvalue weighted by Gasteiger charge is 2.02. The molecular weight excluding hydrogens is 288 g/mol. The van der Waals surface area contributed by atoms with Gasteiger partial charge in [-0.15, -0.1) is 11.3 Å². The molecule has 3 nitrogen and oxygen atoms in total. The third-order valence-electron chi connectivity index (χ3n) is 2.89. The molecule has 0 saturated carbocycles. The number of nitrogens with two attached hydrogens (primary N) is 1. The lowest BCUT2D eigenvalue weighted by atomic mass is 10.2. The van der Waals surface area contributed by atoms with Crippen molar-refractivity contribution in [3.05, 3.63) is 52.2 Å². The molecule has 1 heterocycles. The Kier molecular flexibility index (Phi) is 5.52. The van der Waals surface area contributed by atoms with Crippen molar-refractivity contribution in [2.75, 3.05) is 20.2 Å². The summed E-state index contributed by atoms with van der Waals surface area (Å²) in [6, 6.07) is 11.8. The van der Waals surface area contributed by atoms with Crippen molar-refractivity contribution in [3.8, 4) is 5.75 Å². The lowest BCUT2D eigenvalue weighted by Crippen LogP contribution is -2.23. The summed E-state index contributed by atoms with van der Waals surface area (Å²) in [6.07, 6.45) is 0. The van der Waals surface area contributed by atoms with Gasteiger partial charge in [0.1, 0.15) is 17.3 Å².